The number of aromatic nitrogens is 1. The molecule has 0 aromatic carbocycles. The Morgan fingerprint density at radius 3 is 2.79 bits per heavy atom. The lowest BCUT2D eigenvalue weighted by Gasteiger charge is -2.05. The highest BCUT2D eigenvalue weighted by molar-refractivity contribution is 8.00. The molecule has 0 bridgehead atoms. The van der Waals surface area contributed by atoms with Crippen LogP contribution >= 0.6 is 11.8 Å². The Balaban J connectivity index is 2.32. The fourth-order valence-electron chi connectivity index (χ4n) is 1.14. The molecule has 106 valence electrons. The number of nitrogens with zero attached hydrogens (tertiary/aromatic N) is 1. The zero-order valence-corrected chi connectivity index (χ0v) is 11.6. The highest BCUT2D eigenvalue weighted by Crippen LogP contribution is 2.17. The quantitative estimate of drug-likeness (QED) is 0.681. The van der Waals surface area contributed by atoms with Gasteiger partial charge >= 0.3 is 5.97 Å². The average molecular weight is 287 g/mol. The standard InChI is InChI=1S/C11H17N3O4S/c1-6(2)8-3-10(18-14-8)13-9(15)5-19-4-7(12)11(16)17/h3,6-7H,4-5,12H2,1-2H3,(H,13,15)(H,16,17)/t7-/m0/s1. The molecule has 0 spiro atoms. The molecule has 0 saturated heterocycles. The molecule has 4 N–H and O–H groups in total. The minimum Gasteiger partial charge on any atom is -0.480 e. The van der Waals surface area contributed by atoms with E-state index in [1.807, 2.05) is 13.8 Å². The Bertz CT molecular complexity index is 447. The second-order valence-electron chi connectivity index (χ2n) is 4.28. The van der Waals surface area contributed by atoms with E-state index in [2.05, 4.69) is 10.5 Å². The smallest absolute Gasteiger partial charge is 0.321 e. The van der Waals surface area contributed by atoms with Crippen LogP contribution < -0.4 is 11.1 Å². The summed E-state index contributed by atoms with van der Waals surface area (Å²) in [7, 11) is 0. The van der Waals surface area contributed by atoms with E-state index in [-0.39, 0.29) is 29.2 Å². The van der Waals surface area contributed by atoms with Gasteiger partial charge in [0.1, 0.15) is 6.04 Å². The summed E-state index contributed by atoms with van der Waals surface area (Å²) in [6, 6.07) is 0.701. The average Bonchev–Trinajstić information content (AvgIpc) is 2.77. The van der Waals surface area contributed by atoms with E-state index in [1.54, 1.807) is 6.07 Å². The maximum absolute atomic E-state index is 11.5. The third kappa shape index (κ3) is 5.31. The van der Waals surface area contributed by atoms with Crippen molar-refractivity contribution >= 4 is 29.5 Å². The van der Waals surface area contributed by atoms with Crippen LogP contribution in [-0.4, -0.2) is 39.7 Å². The summed E-state index contributed by atoms with van der Waals surface area (Å²) in [5.41, 5.74) is 6.07. The first-order chi connectivity index (χ1) is 8.90. The lowest BCUT2D eigenvalue weighted by Crippen LogP contribution is -2.33. The summed E-state index contributed by atoms with van der Waals surface area (Å²) in [6.45, 7) is 3.93. The third-order valence-corrected chi connectivity index (χ3v) is 3.29. The molecule has 1 amide bonds. The number of anilines is 1. The first kappa shape index (κ1) is 15.5. The second-order valence-corrected chi connectivity index (χ2v) is 5.31. The fraction of sp³-hybridized carbons (Fsp3) is 0.545. The number of hydrogen-bond donors (Lipinski definition) is 3. The molecule has 1 heterocycles. The van der Waals surface area contributed by atoms with E-state index in [9.17, 15) is 9.59 Å². The maximum atomic E-state index is 11.5. The molecule has 1 atom stereocenters. The first-order valence-electron chi connectivity index (χ1n) is 5.72. The molecule has 0 unspecified atom stereocenters. The van der Waals surface area contributed by atoms with Crippen molar-refractivity contribution in [3.63, 3.8) is 0 Å². The molecule has 0 aliphatic heterocycles. The first-order valence-corrected chi connectivity index (χ1v) is 6.88. The fourth-order valence-corrected chi connectivity index (χ4v) is 1.92. The Kier molecular flexibility index (Phi) is 5.84. The number of hydrogen-bond acceptors (Lipinski definition) is 6. The van der Waals surface area contributed by atoms with Gasteiger partial charge in [-0.15, -0.1) is 11.8 Å². The molecule has 0 aliphatic rings. The minimum atomic E-state index is -1.08. The number of rotatable bonds is 7. The summed E-state index contributed by atoms with van der Waals surface area (Å²) < 4.78 is 4.95. The van der Waals surface area contributed by atoms with Crippen LogP contribution in [0.25, 0.3) is 0 Å². The van der Waals surface area contributed by atoms with Gasteiger partial charge in [0.05, 0.1) is 11.4 Å². The predicted octanol–water partition coefficient (Wildman–Crippen LogP) is 0.882. The monoisotopic (exact) mass is 287 g/mol. The molecule has 0 aliphatic carbocycles. The predicted molar refractivity (Wildman–Crippen MR) is 72.2 cm³/mol. The topological polar surface area (TPSA) is 118 Å². The maximum Gasteiger partial charge on any atom is 0.321 e. The molecule has 0 radical (unpaired) electrons. The lowest BCUT2D eigenvalue weighted by atomic mass is 10.1. The number of carbonyl (C=O) groups excluding carboxylic acids is 1. The zero-order chi connectivity index (χ0) is 14.4. The molecular weight excluding hydrogens is 270 g/mol. The largest absolute Gasteiger partial charge is 0.480 e. The zero-order valence-electron chi connectivity index (χ0n) is 10.8. The highest BCUT2D eigenvalue weighted by atomic mass is 32.2. The van der Waals surface area contributed by atoms with Crippen LogP contribution in [0, 0.1) is 0 Å². The number of thioether (sulfide) groups is 1. The van der Waals surface area contributed by atoms with Gasteiger partial charge in [0.2, 0.25) is 11.8 Å². The molecule has 0 fully saturated rings. The number of nitrogens with one attached hydrogen (secondary N) is 1. The van der Waals surface area contributed by atoms with Crippen LogP contribution in [-0.2, 0) is 9.59 Å². The van der Waals surface area contributed by atoms with E-state index in [0.29, 0.717) is 0 Å². The van der Waals surface area contributed by atoms with Crippen molar-refractivity contribution in [2.24, 2.45) is 5.73 Å². The van der Waals surface area contributed by atoms with Gasteiger partial charge in [0, 0.05) is 11.8 Å². The van der Waals surface area contributed by atoms with E-state index in [0.717, 1.165) is 17.5 Å². The summed E-state index contributed by atoms with van der Waals surface area (Å²) in [6.07, 6.45) is 0. The van der Waals surface area contributed by atoms with Crippen LogP contribution in [0.5, 0.6) is 0 Å². The van der Waals surface area contributed by atoms with Gasteiger partial charge in [-0.2, -0.15) is 0 Å². The van der Waals surface area contributed by atoms with E-state index in [1.165, 1.54) is 0 Å². The summed E-state index contributed by atoms with van der Waals surface area (Å²) >= 11 is 1.15. The second kappa shape index (κ2) is 7.15. The SMILES string of the molecule is CC(C)c1cc(NC(=O)CSC[C@H](N)C(=O)O)on1. The van der Waals surface area contributed by atoms with Crippen LogP contribution in [0.4, 0.5) is 5.88 Å². The van der Waals surface area contributed by atoms with E-state index < -0.39 is 12.0 Å². The number of carbonyl (C=O) groups is 2. The van der Waals surface area contributed by atoms with Gasteiger partial charge in [0.25, 0.3) is 0 Å². The number of carboxylic acids is 1. The number of nitrogens with two attached hydrogens (primary N) is 1. The van der Waals surface area contributed by atoms with Crippen LogP contribution in [0.1, 0.15) is 25.5 Å². The van der Waals surface area contributed by atoms with Crippen LogP contribution in [0.3, 0.4) is 0 Å². The van der Waals surface area contributed by atoms with Gasteiger partial charge in [-0.05, 0) is 5.92 Å². The number of amides is 1. The van der Waals surface area contributed by atoms with Crippen molar-refractivity contribution in [2.45, 2.75) is 25.8 Å². The van der Waals surface area contributed by atoms with Gasteiger partial charge < -0.3 is 15.4 Å². The lowest BCUT2D eigenvalue weighted by molar-refractivity contribution is -0.137. The molecule has 1 aromatic rings. The summed E-state index contributed by atoms with van der Waals surface area (Å²) in [5.74, 6) is -0.567. The van der Waals surface area contributed by atoms with Gasteiger partial charge in [-0.1, -0.05) is 19.0 Å². The van der Waals surface area contributed by atoms with Crippen molar-refractivity contribution in [1.82, 2.24) is 5.16 Å². The Labute approximate surface area is 114 Å². The summed E-state index contributed by atoms with van der Waals surface area (Å²) in [5, 5.41) is 14.9. The highest BCUT2D eigenvalue weighted by Gasteiger charge is 2.13. The summed E-state index contributed by atoms with van der Waals surface area (Å²) in [4.78, 5) is 22.0. The Morgan fingerprint density at radius 2 is 2.26 bits per heavy atom. The molecule has 1 aromatic heterocycles. The molecule has 19 heavy (non-hydrogen) atoms. The van der Waals surface area contributed by atoms with Crippen LogP contribution in [0.15, 0.2) is 10.6 Å². The molecule has 0 saturated carbocycles. The van der Waals surface area contributed by atoms with Crippen molar-refractivity contribution in [1.29, 1.82) is 0 Å². The van der Waals surface area contributed by atoms with Crippen molar-refractivity contribution in [2.75, 3.05) is 16.8 Å². The molecule has 7 nitrogen and oxygen atoms in total. The van der Waals surface area contributed by atoms with Crippen molar-refractivity contribution in [3.8, 4) is 0 Å². The Hall–Kier alpha value is -1.54. The van der Waals surface area contributed by atoms with E-state index in [4.69, 9.17) is 15.4 Å². The molecule has 8 heteroatoms. The molecular formula is C11H17N3O4S. The number of carboxylic acid groups (broad SMARTS) is 1. The van der Waals surface area contributed by atoms with Gasteiger partial charge in [-0.3, -0.25) is 14.9 Å². The van der Waals surface area contributed by atoms with Crippen molar-refractivity contribution in [3.05, 3.63) is 11.8 Å². The number of aliphatic carboxylic acids is 1. The normalized spacial score (nSPS) is 12.4. The Morgan fingerprint density at radius 1 is 1.58 bits per heavy atom. The minimum absolute atomic E-state index is 0.110. The van der Waals surface area contributed by atoms with Gasteiger partial charge in [-0.25, -0.2) is 0 Å². The molecule has 1 rings (SSSR count). The van der Waals surface area contributed by atoms with E-state index >= 15 is 0 Å². The third-order valence-electron chi connectivity index (χ3n) is 2.23. The van der Waals surface area contributed by atoms with Gasteiger partial charge in [0.15, 0.2) is 0 Å². The van der Waals surface area contributed by atoms with Crippen molar-refractivity contribution < 1.29 is 19.2 Å². The van der Waals surface area contributed by atoms with Crippen LogP contribution in [0.2, 0.25) is 0 Å².